The van der Waals surface area contributed by atoms with Gasteiger partial charge in [0, 0.05) is 0 Å². The van der Waals surface area contributed by atoms with Crippen LogP contribution in [0.15, 0.2) is 29.2 Å². The number of carboxylic acid groups (broad SMARTS) is 1. The van der Waals surface area contributed by atoms with Crippen molar-refractivity contribution in [2.24, 2.45) is 11.8 Å². The summed E-state index contributed by atoms with van der Waals surface area (Å²) in [5.74, 6) is -0.0771. The normalized spacial score (nSPS) is 27.2. The van der Waals surface area contributed by atoms with E-state index >= 15 is 0 Å². The summed E-state index contributed by atoms with van der Waals surface area (Å²) in [6.45, 7) is 4.26. The summed E-state index contributed by atoms with van der Waals surface area (Å²) in [6.07, 6.45) is 2.30. The molecule has 0 aromatic heterocycles. The van der Waals surface area contributed by atoms with Crippen LogP contribution in [0.1, 0.15) is 43.5 Å². The molecule has 3 unspecified atom stereocenters. The van der Waals surface area contributed by atoms with Crippen molar-refractivity contribution in [1.29, 1.82) is 0 Å². The van der Waals surface area contributed by atoms with Crippen LogP contribution >= 0.6 is 0 Å². The van der Waals surface area contributed by atoms with Gasteiger partial charge in [0.15, 0.2) is 9.84 Å². The molecular weight excluding hydrogens is 276 g/mol. The molecule has 0 radical (unpaired) electrons. The first-order valence-corrected chi connectivity index (χ1v) is 8.44. The smallest absolute Gasteiger partial charge is 0.335 e. The Morgan fingerprint density at radius 1 is 1.10 bits per heavy atom. The molecule has 0 heterocycles. The second-order valence-electron chi connectivity index (χ2n) is 5.76. The Kier molecular flexibility index (Phi) is 4.18. The van der Waals surface area contributed by atoms with Gasteiger partial charge in [-0.1, -0.05) is 13.8 Å². The minimum Gasteiger partial charge on any atom is -0.478 e. The van der Waals surface area contributed by atoms with Gasteiger partial charge >= 0.3 is 5.97 Å². The van der Waals surface area contributed by atoms with E-state index in [-0.39, 0.29) is 15.7 Å². The maximum atomic E-state index is 12.6. The van der Waals surface area contributed by atoms with Crippen LogP contribution in [0.2, 0.25) is 0 Å². The number of hydrogen-bond donors (Lipinski definition) is 1. The monoisotopic (exact) mass is 296 g/mol. The summed E-state index contributed by atoms with van der Waals surface area (Å²) < 4.78 is 25.1. The molecule has 110 valence electrons. The maximum absolute atomic E-state index is 12.6. The Balaban J connectivity index is 2.24. The van der Waals surface area contributed by atoms with Crippen molar-refractivity contribution >= 4 is 15.8 Å². The third-order valence-electron chi connectivity index (χ3n) is 4.42. The minimum atomic E-state index is -3.35. The van der Waals surface area contributed by atoms with Crippen LogP contribution < -0.4 is 0 Å². The van der Waals surface area contributed by atoms with Crippen LogP contribution in [0.3, 0.4) is 0 Å². The van der Waals surface area contributed by atoms with Gasteiger partial charge in [-0.05, 0) is 55.4 Å². The van der Waals surface area contributed by atoms with Crippen molar-refractivity contribution in [2.75, 3.05) is 0 Å². The largest absolute Gasteiger partial charge is 0.478 e. The lowest BCUT2D eigenvalue weighted by Gasteiger charge is -2.31. The highest BCUT2D eigenvalue weighted by atomic mass is 32.2. The zero-order chi connectivity index (χ0) is 14.9. The second-order valence-corrected chi connectivity index (χ2v) is 7.99. The molecule has 0 spiro atoms. The molecule has 1 aromatic carbocycles. The van der Waals surface area contributed by atoms with Crippen molar-refractivity contribution in [3.05, 3.63) is 29.8 Å². The van der Waals surface area contributed by atoms with Gasteiger partial charge in [-0.25, -0.2) is 13.2 Å². The van der Waals surface area contributed by atoms with Crippen LogP contribution in [0.4, 0.5) is 0 Å². The predicted octanol–water partition coefficient (Wildman–Crippen LogP) is 2.98. The number of carboxylic acids is 1. The van der Waals surface area contributed by atoms with Gasteiger partial charge in [0.1, 0.15) is 0 Å². The number of benzene rings is 1. The first-order chi connectivity index (χ1) is 9.32. The van der Waals surface area contributed by atoms with E-state index in [1.807, 2.05) is 0 Å². The highest BCUT2D eigenvalue weighted by Crippen LogP contribution is 2.35. The van der Waals surface area contributed by atoms with E-state index in [1.165, 1.54) is 24.3 Å². The van der Waals surface area contributed by atoms with Crippen molar-refractivity contribution < 1.29 is 18.3 Å². The van der Waals surface area contributed by atoms with Crippen molar-refractivity contribution in [2.45, 2.75) is 43.3 Å². The van der Waals surface area contributed by atoms with E-state index in [0.29, 0.717) is 24.7 Å². The fourth-order valence-corrected chi connectivity index (χ4v) is 4.66. The summed E-state index contributed by atoms with van der Waals surface area (Å²) in [4.78, 5) is 11.0. The van der Waals surface area contributed by atoms with Crippen molar-refractivity contribution in [1.82, 2.24) is 0 Å². The Labute approximate surface area is 119 Å². The molecule has 0 amide bonds. The zero-order valence-corrected chi connectivity index (χ0v) is 12.6. The molecule has 1 aromatic rings. The number of carbonyl (C=O) groups is 1. The van der Waals surface area contributed by atoms with Gasteiger partial charge < -0.3 is 5.11 Å². The predicted molar refractivity (Wildman–Crippen MR) is 76.6 cm³/mol. The molecule has 20 heavy (non-hydrogen) atoms. The van der Waals surface area contributed by atoms with E-state index in [9.17, 15) is 13.2 Å². The third-order valence-corrected chi connectivity index (χ3v) is 6.65. The lowest BCUT2D eigenvalue weighted by atomic mass is 9.81. The molecule has 1 saturated carbocycles. The lowest BCUT2D eigenvalue weighted by molar-refractivity contribution is 0.0696. The van der Waals surface area contributed by atoms with Crippen molar-refractivity contribution in [3.8, 4) is 0 Å². The summed E-state index contributed by atoms with van der Waals surface area (Å²) >= 11 is 0. The fraction of sp³-hybridized carbons (Fsp3) is 0.533. The molecule has 0 aliphatic heterocycles. The summed E-state index contributed by atoms with van der Waals surface area (Å²) in [7, 11) is -3.35. The molecular formula is C15H20O4S. The zero-order valence-electron chi connectivity index (χ0n) is 11.7. The molecule has 1 fully saturated rings. The van der Waals surface area contributed by atoms with Gasteiger partial charge in [-0.15, -0.1) is 0 Å². The standard InChI is InChI=1S/C15H20O4S/c1-10-3-6-14(9-11(10)2)20(18,19)13-7-4-12(5-8-13)15(16)17/h4-5,7-8,10-11,14H,3,6,9H2,1-2H3,(H,16,17). The number of aromatic carboxylic acids is 1. The van der Waals surface area contributed by atoms with E-state index in [2.05, 4.69) is 13.8 Å². The first kappa shape index (κ1) is 15.0. The summed E-state index contributed by atoms with van der Waals surface area (Å²) in [5.41, 5.74) is 0.106. The van der Waals surface area contributed by atoms with Crippen LogP contribution in [0.5, 0.6) is 0 Å². The number of hydrogen-bond acceptors (Lipinski definition) is 3. The quantitative estimate of drug-likeness (QED) is 0.930. The summed E-state index contributed by atoms with van der Waals surface area (Å²) in [6, 6.07) is 5.51. The second kappa shape index (κ2) is 5.56. The van der Waals surface area contributed by atoms with Gasteiger partial charge in [-0.3, -0.25) is 0 Å². The number of rotatable bonds is 3. The molecule has 0 saturated heterocycles. The minimum absolute atomic E-state index is 0.106. The molecule has 2 rings (SSSR count). The topological polar surface area (TPSA) is 71.4 Å². The average molecular weight is 296 g/mol. The highest BCUT2D eigenvalue weighted by molar-refractivity contribution is 7.92. The first-order valence-electron chi connectivity index (χ1n) is 6.89. The molecule has 4 nitrogen and oxygen atoms in total. The van der Waals surface area contributed by atoms with Gasteiger partial charge in [0.25, 0.3) is 0 Å². The Bertz CT molecular complexity index is 589. The van der Waals surface area contributed by atoms with E-state index in [0.717, 1.165) is 6.42 Å². The van der Waals surface area contributed by atoms with E-state index < -0.39 is 15.8 Å². The summed E-state index contributed by atoms with van der Waals surface area (Å²) in [5, 5.41) is 8.50. The van der Waals surface area contributed by atoms with E-state index in [1.54, 1.807) is 0 Å². The highest BCUT2D eigenvalue weighted by Gasteiger charge is 2.34. The fourth-order valence-electron chi connectivity index (χ4n) is 2.76. The molecule has 3 atom stereocenters. The average Bonchev–Trinajstić information content (AvgIpc) is 2.41. The Morgan fingerprint density at radius 3 is 2.20 bits per heavy atom. The van der Waals surface area contributed by atoms with Gasteiger partial charge in [0.2, 0.25) is 0 Å². The molecule has 1 N–H and O–H groups in total. The molecule has 1 aliphatic carbocycles. The van der Waals surface area contributed by atoms with Gasteiger partial charge in [0.05, 0.1) is 15.7 Å². The van der Waals surface area contributed by atoms with Crippen LogP contribution in [-0.2, 0) is 9.84 Å². The van der Waals surface area contributed by atoms with E-state index in [4.69, 9.17) is 5.11 Å². The molecule has 5 heteroatoms. The molecule has 1 aliphatic rings. The Morgan fingerprint density at radius 2 is 1.70 bits per heavy atom. The maximum Gasteiger partial charge on any atom is 0.335 e. The van der Waals surface area contributed by atoms with Crippen LogP contribution in [0, 0.1) is 11.8 Å². The lowest BCUT2D eigenvalue weighted by Crippen LogP contribution is -2.31. The molecule has 0 bridgehead atoms. The van der Waals surface area contributed by atoms with Crippen LogP contribution in [0.25, 0.3) is 0 Å². The SMILES string of the molecule is CC1CCC(S(=O)(=O)c2ccc(C(=O)O)cc2)CC1C. The number of sulfone groups is 1. The van der Waals surface area contributed by atoms with Crippen molar-refractivity contribution in [3.63, 3.8) is 0 Å². The van der Waals surface area contributed by atoms with Gasteiger partial charge in [-0.2, -0.15) is 0 Å². The Hall–Kier alpha value is -1.36. The third kappa shape index (κ3) is 2.87. The van der Waals surface area contributed by atoms with Crippen LogP contribution in [-0.4, -0.2) is 24.7 Å².